The Morgan fingerprint density at radius 2 is 1.96 bits per heavy atom. The van der Waals surface area contributed by atoms with Crippen LogP contribution in [0.15, 0.2) is 36.5 Å². The monoisotopic (exact) mass is 366 g/mol. The fourth-order valence-corrected chi connectivity index (χ4v) is 2.48. The lowest BCUT2D eigenvalue weighted by molar-refractivity contribution is -0.151. The Morgan fingerprint density at radius 1 is 1.31 bits per heavy atom. The molecular weight excluding hydrogens is 340 g/mol. The van der Waals surface area contributed by atoms with Crippen molar-refractivity contribution in [3.8, 4) is 0 Å². The largest absolute Gasteiger partial charge is 0.460 e. The summed E-state index contributed by atoms with van der Waals surface area (Å²) in [5.74, 6) is -1.25. The molecule has 4 unspecified atom stereocenters. The van der Waals surface area contributed by atoms with Gasteiger partial charge in [-0.1, -0.05) is 24.3 Å². The van der Waals surface area contributed by atoms with Crippen LogP contribution in [0.4, 0.5) is 0 Å². The Bertz CT molecular complexity index is 605. The third kappa shape index (κ3) is 6.93. The van der Waals surface area contributed by atoms with Gasteiger partial charge in [0.2, 0.25) is 0 Å². The summed E-state index contributed by atoms with van der Waals surface area (Å²) in [5, 5.41) is 10.4. The standard InChI is InChI=1S/C19H26O7/c1-6-15-9-17(25-14(5)21)19(26-15)16(22)7-11(2)8-18(23)24-10-12(3)13(4)20/h6-7,15-17,19,22H,1,3,8-10H2,2,4-5H3/b11-7+. The van der Waals surface area contributed by atoms with E-state index in [-0.39, 0.29) is 30.5 Å². The van der Waals surface area contributed by atoms with E-state index in [1.165, 1.54) is 19.9 Å². The van der Waals surface area contributed by atoms with E-state index < -0.39 is 30.3 Å². The van der Waals surface area contributed by atoms with Gasteiger partial charge in [-0.25, -0.2) is 0 Å². The third-order valence-corrected chi connectivity index (χ3v) is 3.86. The second-order valence-corrected chi connectivity index (χ2v) is 6.26. The second-order valence-electron chi connectivity index (χ2n) is 6.26. The zero-order valence-electron chi connectivity index (χ0n) is 15.4. The normalized spacial score (nSPS) is 23.8. The number of hydrogen-bond acceptors (Lipinski definition) is 7. The lowest BCUT2D eigenvalue weighted by atomic mass is 10.0. The molecule has 0 aromatic rings. The molecule has 1 aliphatic heterocycles. The van der Waals surface area contributed by atoms with Crippen molar-refractivity contribution < 1.29 is 33.7 Å². The molecule has 7 nitrogen and oxygen atoms in total. The van der Waals surface area contributed by atoms with Gasteiger partial charge in [-0.05, 0) is 13.8 Å². The Morgan fingerprint density at radius 3 is 2.50 bits per heavy atom. The Hall–Kier alpha value is -2.25. The van der Waals surface area contributed by atoms with Crippen LogP contribution in [0.3, 0.4) is 0 Å². The molecule has 7 heteroatoms. The quantitative estimate of drug-likeness (QED) is 0.376. The molecule has 0 amide bonds. The maximum absolute atomic E-state index is 11.8. The van der Waals surface area contributed by atoms with Crippen molar-refractivity contribution in [1.82, 2.24) is 0 Å². The summed E-state index contributed by atoms with van der Waals surface area (Å²) in [6.45, 7) is 11.3. The van der Waals surface area contributed by atoms with Crippen LogP contribution in [0.5, 0.6) is 0 Å². The number of ether oxygens (including phenoxy) is 3. The zero-order valence-corrected chi connectivity index (χ0v) is 15.4. The van der Waals surface area contributed by atoms with E-state index in [1.54, 1.807) is 13.0 Å². The van der Waals surface area contributed by atoms with Gasteiger partial charge < -0.3 is 19.3 Å². The van der Waals surface area contributed by atoms with Crippen LogP contribution >= 0.6 is 0 Å². The first-order valence-corrected chi connectivity index (χ1v) is 8.29. The predicted octanol–water partition coefficient (Wildman–Crippen LogP) is 1.65. The van der Waals surface area contributed by atoms with E-state index >= 15 is 0 Å². The first-order chi connectivity index (χ1) is 12.1. The van der Waals surface area contributed by atoms with Gasteiger partial charge in [-0.15, -0.1) is 6.58 Å². The summed E-state index contributed by atoms with van der Waals surface area (Å²) in [6, 6.07) is 0. The lowest BCUT2D eigenvalue weighted by Crippen LogP contribution is -2.36. The Balaban J connectivity index is 2.64. The molecule has 0 aliphatic carbocycles. The van der Waals surface area contributed by atoms with E-state index in [9.17, 15) is 19.5 Å². The molecule has 1 aliphatic rings. The topological polar surface area (TPSA) is 99.1 Å². The minimum absolute atomic E-state index is 0.0575. The highest BCUT2D eigenvalue weighted by Crippen LogP contribution is 2.27. The molecule has 4 atom stereocenters. The Kier molecular flexibility index (Phi) is 8.41. The molecule has 1 rings (SSSR count). The Labute approximate surface area is 153 Å². The molecule has 1 saturated heterocycles. The molecule has 0 radical (unpaired) electrons. The maximum atomic E-state index is 11.8. The van der Waals surface area contributed by atoms with E-state index in [1.807, 2.05) is 0 Å². The molecule has 1 N–H and O–H groups in total. The average Bonchev–Trinajstić information content (AvgIpc) is 2.94. The number of aliphatic hydroxyl groups excluding tert-OH is 1. The molecule has 0 aromatic heterocycles. The molecule has 1 heterocycles. The van der Waals surface area contributed by atoms with Crippen LogP contribution in [0, 0.1) is 0 Å². The first kappa shape index (κ1) is 21.8. The van der Waals surface area contributed by atoms with Crippen molar-refractivity contribution in [1.29, 1.82) is 0 Å². The first-order valence-electron chi connectivity index (χ1n) is 8.29. The number of aliphatic hydroxyl groups is 1. The van der Waals surface area contributed by atoms with Crippen LogP contribution < -0.4 is 0 Å². The van der Waals surface area contributed by atoms with E-state index in [2.05, 4.69) is 13.2 Å². The smallest absolute Gasteiger partial charge is 0.310 e. The van der Waals surface area contributed by atoms with Crippen molar-refractivity contribution >= 4 is 17.7 Å². The summed E-state index contributed by atoms with van der Waals surface area (Å²) in [4.78, 5) is 34.0. The highest BCUT2D eigenvalue weighted by molar-refractivity contribution is 5.93. The summed E-state index contributed by atoms with van der Waals surface area (Å²) in [5.41, 5.74) is 0.766. The van der Waals surface area contributed by atoms with Gasteiger partial charge in [-0.3, -0.25) is 14.4 Å². The number of carbonyl (C=O) groups is 3. The van der Waals surface area contributed by atoms with Crippen molar-refractivity contribution in [2.45, 2.75) is 58.0 Å². The summed E-state index contributed by atoms with van der Waals surface area (Å²) in [6.07, 6.45) is 0.669. The number of hydrogen-bond donors (Lipinski definition) is 1. The molecule has 0 aromatic carbocycles. The maximum Gasteiger partial charge on any atom is 0.310 e. The van der Waals surface area contributed by atoms with Crippen molar-refractivity contribution in [3.63, 3.8) is 0 Å². The van der Waals surface area contributed by atoms with Gasteiger partial charge in [-0.2, -0.15) is 0 Å². The van der Waals surface area contributed by atoms with Crippen LogP contribution in [-0.2, 0) is 28.6 Å². The molecular formula is C19H26O7. The van der Waals surface area contributed by atoms with Crippen molar-refractivity contribution in [2.75, 3.05) is 6.61 Å². The van der Waals surface area contributed by atoms with Gasteiger partial charge in [0.15, 0.2) is 5.78 Å². The van der Waals surface area contributed by atoms with E-state index in [0.29, 0.717) is 12.0 Å². The van der Waals surface area contributed by atoms with E-state index in [0.717, 1.165) is 0 Å². The number of carbonyl (C=O) groups excluding carboxylic acids is 3. The highest BCUT2D eigenvalue weighted by Gasteiger charge is 2.40. The van der Waals surface area contributed by atoms with Crippen LogP contribution in [0.2, 0.25) is 0 Å². The molecule has 0 saturated carbocycles. The fraction of sp³-hybridized carbons (Fsp3) is 0.526. The number of Topliss-reactive ketones (excluding diaryl/α,β-unsaturated/α-hetero) is 1. The zero-order chi connectivity index (χ0) is 19.9. The van der Waals surface area contributed by atoms with Crippen molar-refractivity contribution in [2.24, 2.45) is 0 Å². The molecule has 26 heavy (non-hydrogen) atoms. The molecule has 0 bridgehead atoms. The van der Waals surface area contributed by atoms with Crippen LogP contribution in [-0.4, -0.2) is 53.9 Å². The van der Waals surface area contributed by atoms with Crippen molar-refractivity contribution in [3.05, 3.63) is 36.5 Å². The summed E-state index contributed by atoms with van der Waals surface area (Å²) < 4.78 is 15.8. The molecule has 0 spiro atoms. The SMILES string of the molecule is C=CC1CC(OC(C)=O)C(C(O)/C=C(\C)CC(=O)OCC(=C)C(C)=O)O1. The van der Waals surface area contributed by atoms with Gasteiger partial charge in [0.25, 0.3) is 0 Å². The second kappa shape index (κ2) is 10.0. The van der Waals surface area contributed by atoms with E-state index in [4.69, 9.17) is 14.2 Å². The highest BCUT2D eigenvalue weighted by atomic mass is 16.6. The summed E-state index contributed by atoms with van der Waals surface area (Å²) in [7, 11) is 0. The van der Waals surface area contributed by atoms with Gasteiger partial charge >= 0.3 is 11.9 Å². The number of rotatable bonds is 9. The lowest BCUT2D eigenvalue weighted by Gasteiger charge is -2.22. The molecule has 144 valence electrons. The minimum Gasteiger partial charge on any atom is -0.460 e. The fourth-order valence-electron chi connectivity index (χ4n) is 2.48. The average molecular weight is 366 g/mol. The van der Waals surface area contributed by atoms with Gasteiger partial charge in [0.1, 0.15) is 24.9 Å². The third-order valence-electron chi connectivity index (χ3n) is 3.86. The number of ketones is 1. The molecule has 1 fully saturated rings. The number of esters is 2. The van der Waals surface area contributed by atoms with Gasteiger partial charge in [0.05, 0.1) is 12.5 Å². The van der Waals surface area contributed by atoms with Crippen LogP contribution in [0.1, 0.15) is 33.6 Å². The van der Waals surface area contributed by atoms with Crippen LogP contribution in [0.25, 0.3) is 0 Å². The predicted molar refractivity (Wildman–Crippen MR) is 94.2 cm³/mol. The minimum atomic E-state index is -1.07. The van der Waals surface area contributed by atoms with Gasteiger partial charge in [0, 0.05) is 18.9 Å². The summed E-state index contributed by atoms with van der Waals surface area (Å²) >= 11 is 0.